The highest BCUT2D eigenvalue weighted by Crippen LogP contribution is 2.28. The topological polar surface area (TPSA) is 37.4 Å². The summed E-state index contributed by atoms with van der Waals surface area (Å²) in [5.74, 6) is 0.462. The Morgan fingerprint density at radius 2 is 1.93 bits per heavy atom. The minimum absolute atomic E-state index is 0.159. The van der Waals surface area contributed by atoms with Crippen LogP contribution in [0.15, 0.2) is 12.0 Å². The lowest BCUT2D eigenvalue weighted by atomic mass is 9.86. The van der Waals surface area contributed by atoms with Gasteiger partial charge in [0.2, 0.25) is 10.0 Å². The van der Waals surface area contributed by atoms with Crippen molar-refractivity contribution < 1.29 is 8.42 Å². The molecule has 82 valence electrons. The number of rotatable bonds is 3. The Balaban J connectivity index is 2.77. The van der Waals surface area contributed by atoms with Crippen LogP contribution in [0.2, 0.25) is 0 Å². The van der Waals surface area contributed by atoms with Crippen molar-refractivity contribution in [2.24, 2.45) is 5.92 Å². The summed E-state index contributed by atoms with van der Waals surface area (Å²) < 4.78 is 24.6. The Morgan fingerprint density at radius 3 is 2.43 bits per heavy atom. The molecule has 0 aliphatic heterocycles. The van der Waals surface area contributed by atoms with E-state index < -0.39 is 10.0 Å². The third kappa shape index (κ3) is 2.36. The van der Waals surface area contributed by atoms with E-state index in [1.165, 1.54) is 10.7 Å². The molecule has 2 atom stereocenters. The minimum atomic E-state index is -3.23. The summed E-state index contributed by atoms with van der Waals surface area (Å²) in [6.45, 7) is 5.47. The molecule has 0 radical (unpaired) electrons. The van der Waals surface area contributed by atoms with E-state index in [1.807, 2.05) is 0 Å². The third-order valence-electron chi connectivity index (χ3n) is 3.15. The van der Waals surface area contributed by atoms with Gasteiger partial charge in [-0.1, -0.05) is 26.3 Å². The predicted molar refractivity (Wildman–Crippen MR) is 58.3 cm³/mol. The van der Waals surface area contributed by atoms with Gasteiger partial charge in [-0.2, -0.15) is 4.31 Å². The quantitative estimate of drug-likeness (QED) is 0.725. The second kappa shape index (κ2) is 4.45. The van der Waals surface area contributed by atoms with E-state index in [-0.39, 0.29) is 6.04 Å². The molecular weight excluding hydrogens is 198 g/mol. The first kappa shape index (κ1) is 11.7. The molecule has 0 N–H and O–H groups in total. The molecule has 1 aliphatic carbocycles. The SMILES string of the molecule is C=CS(=O)(=O)N(C)C1CCCCC1C. The Hall–Kier alpha value is -0.350. The first-order valence-corrected chi connectivity index (χ1v) is 6.60. The van der Waals surface area contributed by atoms with Crippen molar-refractivity contribution in [2.75, 3.05) is 7.05 Å². The summed E-state index contributed by atoms with van der Waals surface area (Å²) in [5.41, 5.74) is 0. The van der Waals surface area contributed by atoms with Crippen LogP contribution in [0.4, 0.5) is 0 Å². The fourth-order valence-corrected chi connectivity index (χ4v) is 3.07. The van der Waals surface area contributed by atoms with Gasteiger partial charge in [0.05, 0.1) is 0 Å². The molecule has 14 heavy (non-hydrogen) atoms. The monoisotopic (exact) mass is 217 g/mol. The lowest BCUT2D eigenvalue weighted by Gasteiger charge is -2.34. The van der Waals surface area contributed by atoms with E-state index in [9.17, 15) is 8.42 Å². The molecule has 0 amide bonds. The van der Waals surface area contributed by atoms with Gasteiger partial charge in [-0.3, -0.25) is 0 Å². The molecule has 0 saturated heterocycles. The molecule has 0 aromatic carbocycles. The number of sulfonamides is 1. The highest BCUT2D eigenvalue weighted by atomic mass is 32.2. The summed E-state index contributed by atoms with van der Waals surface area (Å²) >= 11 is 0. The Morgan fingerprint density at radius 1 is 1.36 bits per heavy atom. The highest BCUT2D eigenvalue weighted by Gasteiger charge is 2.30. The van der Waals surface area contributed by atoms with Crippen LogP contribution >= 0.6 is 0 Å². The average molecular weight is 217 g/mol. The molecule has 1 rings (SSSR count). The Labute approximate surface area is 86.8 Å². The third-order valence-corrected chi connectivity index (χ3v) is 4.64. The maximum Gasteiger partial charge on any atom is 0.235 e. The normalized spacial score (nSPS) is 29.1. The number of hydrogen-bond donors (Lipinski definition) is 0. The molecule has 1 saturated carbocycles. The molecule has 0 heterocycles. The smallest absolute Gasteiger partial charge is 0.208 e. The van der Waals surface area contributed by atoms with Crippen LogP contribution < -0.4 is 0 Å². The second-order valence-corrected chi connectivity index (χ2v) is 6.00. The van der Waals surface area contributed by atoms with Crippen molar-refractivity contribution in [3.8, 4) is 0 Å². The van der Waals surface area contributed by atoms with E-state index in [1.54, 1.807) is 7.05 Å². The Bertz CT molecular complexity index is 297. The predicted octanol–water partition coefficient (Wildman–Crippen LogP) is 1.97. The van der Waals surface area contributed by atoms with E-state index >= 15 is 0 Å². The van der Waals surface area contributed by atoms with Crippen molar-refractivity contribution in [2.45, 2.75) is 38.6 Å². The van der Waals surface area contributed by atoms with Gasteiger partial charge >= 0.3 is 0 Å². The van der Waals surface area contributed by atoms with Crippen LogP contribution in [0.25, 0.3) is 0 Å². The summed E-state index contributed by atoms with van der Waals surface area (Å²) in [5, 5.41) is 1.04. The van der Waals surface area contributed by atoms with Gasteiger partial charge in [-0.15, -0.1) is 0 Å². The van der Waals surface area contributed by atoms with Crippen molar-refractivity contribution in [3.05, 3.63) is 12.0 Å². The average Bonchev–Trinajstić information content (AvgIpc) is 2.17. The van der Waals surface area contributed by atoms with Crippen molar-refractivity contribution in [3.63, 3.8) is 0 Å². The molecule has 3 nitrogen and oxygen atoms in total. The molecule has 0 bridgehead atoms. The Kier molecular flexibility index (Phi) is 3.72. The van der Waals surface area contributed by atoms with Gasteiger partial charge in [0, 0.05) is 18.5 Å². The zero-order valence-corrected chi connectivity index (χ0v) is 9.76. The van der Waals surface area contributed by atoms with Gasteiger partial charge in [0.15, 0.2) is 0 Å². The fraction of sp³-hybridized carbons (Fsp3) is 0.800. The molecular formula is C10H19NO2S. The minimum Gasteiger partial charge on any atom is -0.208 e. The van der Waals surface area contributed by atoms with Crippen LogP contribution in [-0.4, -0.2) is 25.8 Å². The summed E-state index contributed by atoms with van der Waals surface area (Å²) in [4.78, 5) is 0. The van der Waals surface area contributed by atoms with E-state index in [4.69, 9.17) is 0 Å². The van der Waals surface area contributed by atoms with Gasteiger partial charge < -0.3 is 0 Å². The summed E-state index contributed by atoms with van der Waals surface area (Å²) in [6.07, 6.45) is 4.46. The molecule has 1 fully saturated rings. The van der Waals surface area contributed by atoms with Gasteiger partial charge in [0.1, 0.15) is 0 Å². The van der Waals surface area contributed by atoms with Crippen molar-refractivity contribution in [1.29, 1.82) is 0 Å². The zero-order valence-electron chi connectivity index (χ0n) is 8.94. The van der Waals surface area contributed by atoms with Crippen molar-refractivity contribution >= 4 is 10.0 Å². The van der Waals surface area contributed by atoms with Crippen LogP contribution in [0.1, 0.15) is 32.6 Å². The van der Waals surface area contributed by atoms with Gasteiger partial charge in [0.25, 0.3) is 0 Å². The molecule has 2 unspecified atom stereocenters. The standard InChI is InChI=1S/C10H19NO2S/c1-4-14(12,13)11(3)10-8-6-5-7-9(10)2/h4,9-10H,1,5-8H2,2-3H3. The first-order chi connectivity index (χ1) is 6.49. The molecule has 0 aromatic rings. The zero-order chi connectivity index (χ0) is 10.8. The number of hydrogen-bond acceptors (Lipinski definition) is 2. The van der Waals surface area contributed by atoms with Gasteiger partial charge in [-0.25, -0.2) is 8.42 Å². The number of nitrogens with zero attached hydrogens (tertiary/aromatic N) is 1. The summed E-state index contributed by atoms with van der Waals surface area (Å²) in [7, 11) is -1.58. The second-order valence-electron chi connectivity index (χ2n) is 4.06. The molecule has 1 aliphatic rings. The largest absolute Gasteiger partial charge is 0.235 e. The van der Waals surface area contributed by atoms with E-state index in [2.05, 4.69) is 13.5 Å². The molecule has 0 spiro atoms. The lowest BCUT2D eigenvalue weighted by Crippen LogP contribution is -2.41. The van der Waals surface area contributed by atoms with Gasteiger partial charge in [-0.05, 0) is 18.8 Å². The molecule has 0 aromatic heterocycles. The van der Waals surface area contributed by atoms with Crippen LogP contribution in [-0.2, 0) is 10.0 Å². The van der Waals surface area contributed by atoms with E-state index in [0.717, 1.165) is 24.7 Å². The van der Waals surface area contributed by atoms with Crippen LogP contribution in [0.3, 0.4) is 0 Å². The molecule has 4 heteroatoms. The van der Waals surface area contributed by atoms with Crippen molar-refractivity contribution in [1.82, 2.24) is 4.31 Å². The fourth-order valence-electron chi connectivity index (χ4n) is 2.14. The highest BCUT2D eigenvalue weighted by molar-refractivity contribution is 7.92. The van der Waals surface area contributed by atoms with Crippen LogP contribution in [0.5, 0.6) is 0 Å². The van der Waals surface area contributed by atoms with Crippen LogP contribution in [0, 0.1) is 5.92 Å². The first-order valence-electron chi connectivity index (χ1n) is 5.09. The lowest BCUT2D eigenvalue weighted by molar-refractivity contribution is 0.215. The van der Waals surface area contributed by atoms with E-state index in [0.29, 0.717) is 5.92 Å². The summed E-state index contributed by atoms with van der Waals surface area (Å²) in [6, 6.07) is 0.159. The maximum atomic E-state index is 11.6. The maximum absolute atomic E-state index is 11.6.